The summed E-state index contributed by atoms with van der Waals surface area (Å²) in [5.74, 6) is -3.69. The van der Waals surface area contributed by atoms with Gasteiger partial charge in [0.1, 0.15) is 0 Å². The SMILES string of the molecule is CCCCCCCCC=CCCCCCCCC(C(=O)O)C(=O)O. The molecule has 2 N–H and O–H groups in total. The third-order valence-corrected chi connectivity index (χ3v) is 4.35. The van der Waals surface area contributed by atoms with Crippen LogP contribution in [0.2, 0.25) is 0 Å². The predicted octanol–water partition coefficient (Wildman–Crippen LogP) is 5.81. The van der Waals surface area contributed by atoms with E-state index in [4.69, 9.17) is 10.2 Å². The number of hydrogen-bond donors (Lipinski definition) is 2. The van der Waals surface area contributed by atoms with Crippen molar-refractivity contribution in [3.8, 4) is 0 Å². The van der Waals surface area contributed by atoms with Crippen molar-refractivity contribution >= 4 is 11.9 Å². The molecule has 0 aliphatic rings. The summed E-state index contributed by atoms with van der Waals surface area (Å²) in [6, 6.07) is 0. The number of unbranched alkanes of at least 4 members (excludes halogenated alkanes) is 11. The number of carboxylic acid groups (broad SMARTS) is 2. The van der Waals surface area contributed by atoms with E-state index in [1.165, 1.54) is 44.9 Å². The van der Waals surface area contributed by atoms with Crippen molar-refractivity contribution in [1.29, 1.82) is 0 Å². The van der Waals surface area contributed by atoms with Crippen LogP contribution < -0.4 is 0 Å². The van der Waals surface area contributed by atoms with Crippen molar-refractivity contribution in [2.45, 2.75) is 96.8 Å². The molecule has 140 valence electrons. The summed E-state index contributed by atoms with van der Waals surface area (Å²) in [5.41, 5.74) is 0. The summed E-state index contributed by atoms with van der Waals surface area (Å²) < 4.78 is 0. The van der Waals surface area contributed by atoms with Crippen molar-refractivity contribution in [2.24, 2.45) is 5.92 Å². The molecule has 4 nitrogen and oxygen atoms in total. The zero-order valence-corrected chi connectivity index (χ0v) is 15.3. The maximum Gasteiger partial charge on any atom is 0.317 e. The summed E-state index contributed by atoms with van der Waals surface area (Å²) in [6.45, 7) is 2.24. The Morgan fingerprint density at radius 2 is 1.12 bits per heavy atom. The molecule has 0 saturated heterocycles. The van der Waals surface area contributed by atoms with E-state index in [-0.39, 0.29) is 6.42 Å². The van der Waals surface area contributed by atoms with Crippen LogP contribution in [0.3, 0.4) is 0 Å². The van der Waals surface area contributed by atoms with Crippen LogP contribution >= 0.6 is 0 Å². The number of carbonyl (C=O) groups is 2. The quantitative estimate of drug-likeness (QED) is 0.199. The van der Waals surface area contributed by atoms with Crippen LogP contribution in [0.5, 0.6) is 0 Å². The molecule has 0 aromatic rings. The molecule has 0 bridgehead atoms. The van der Waals surface area contributed by atoms with Crippen LogP contribution in [-0.2, 0) is 9.59 Å². The first-order valence-corrected chi connectivity index (χ1v) is 9.70. The highest BCUT2D eigenvalue weighted by molar-refractivity contribution is 5.92. The second-order valence-corrected chi connectivity index (χ2v) is 6.60. The van der Waals surface area contributed by atoms with Gasteiger partial charge in [-0.3, -0.25) is 9.59 Å². The molecule has 0 spiro atoms. The van der Waals surface area contributed by atoms with E-state index < -0.39 is 17.9 Å². The minimum Gasteiger partial charge on any atom is -0.481 e. The second kappa shape index (κ2) is 16.5. The lowest BCUT2D eigenvalue weighted by atomic mass is 10.0. The van der Waals surface area contributed by atoms with Gasteiger partial charge in [-0.1, -0.05) is 76.9 Å². The topological polar surface area (TPSA) is 74.6 Å². The number of carboxylic acids is 2. The van der Waals surface area contributed by atoms with Crippen molar-refractivity contribution in [3.63, 3.8) is 0 Å². The molecule has 4 heteroatoms. The van der Waals surface area contributed by atoms with E-state index in [1.54, 1.807) is 0 Å². The van der Waals surface area contributed by atoms with E-state index in [1.807, 2.05) is 0 Å². The monoisotopic (exact) mass is 340 g/mol. The lowest BCUT2D eigenvalue weighted by molar-refractivity contribution is -0.154. The Hall–Kier alpha value is -1.32. The smallest absolute Gasteiger partial charge is 0.317 e. The Kier molecular flexibility index (Phi) is 15.6. The average Bonchev–Trinajstić information content (AvgIpc) is 2.53. The van der Waals surface area contributed by atoms with Crippen LogP contribution in [0, 0.1) is 5.92 Å². The number of aliphatic carboxylic acids is 2. The van der Waals surface area contributed by atoms with Gasteiger partial charge in [0.05, 0.1) is 0 Å². The van der Waals surface area contributed by atoms with E-state index >= 15 is 0 Å². The minimum absolute atomic E-state index is 0.239. The molecule has 0 aromatic carbocycles. The standard InChI is InChI=1S/C20H36O4/c1-2-3-4-5-6-7-8-9-10-11-12-13-14-15-16-17-18(19(21)22)20(23)24/h9-10,18H,2-8,11-17H2,1H3,(H,21,22)(H,23,24). The van der Waals surface area contributed by atoms with Crippen LogP contribution in [0.15, 0.2) is 12.2 Å². The van der Waals surface area contributed by atoms with Gasteiger partial charge >= 0.3 is 11.9 Å². The molecular formula is C20H36O4. The van der Waals surface area contributed by atoms with Crippen LogP contribution in [0.4, 0.5) is 0 Å². The van der Waals surface area contributed by atoms with Gasteiger partial charge in [-0.25, -0.2) is 0 Å². The Morgan fingerprint density at radius 1 is 0.708 bits per heavy atom. The average molecular weight is 341 g/mol. The summed E-state index contributed by atoms with van der Waals surface area (Å²) >= 11 is 0. The zero-order valence-electron chi connectivity index (χ0n) is 15.3. The van der Waals surface area contributed by atoms with Gasteiger partial charge in [0.2, 0.25) is 0 Å². The third-order valence-electron chi connectivity index (χ3n) is 4.35. The number of allylic oxidation sites excluding steroid dienone is 2. The molecule has 0 aromatic heterocycles. The molecule has 24 heavy (non-hydrogen) atoms. The molecule has 0 fully saturated rings. The highest BCUT2D eigenvalue weighted by Gasteiger charge is 2.24. The van der Waals surface area contributed by atoms with Gasteiger partial charge < -0.3 is 10.2 Å². The normalized spacial score (nSPS) is 11.4. The third kappa shape index (κ3) is 14.3. The lowest BCUT2D eigenvalue weighted by Crippen LogP contribution is -2.23. The number of hydrogen-bond acceptors (Lipinski definition) is 2. The molecular weight excluding hydrogens is 304 g/mol. The molecule has 0 atom stereocenters. The minimum atomic E-state index is -1.24. The summed E-state index contributed by atoms with van der Waals surface area (Å²) in [6.07, 6.45) is 20.1. The van der Waals surface area contributed by atoms with E-state index in [0.717, 1.165) is 32.1 Å². The maximum atomic E-state index is 10.7. The van der Waals surface area contributed by atoms with Crippen molar-refractivity contribution in [2.75, 3.05) is 0 Å². The van der Waals surface area contributed by atoms with Gasteiger partial charge in [-0.2, -0.15) is 0 Å². The summed E-state index contributed by atoms with van der Waals surface area (Å²) in [4.78, 5) is 21.5. The Labute approximate surface area is 147 Å². The fraction of sp³-hybridized carbons (Fsp3) is 0.800. The molecule has 0 heterocycles. The van der Waals surface area contributed by atoms with Gasteiger partial charge in [0, 0.05) is 0 Å². The molecule has 0 aliphatic carbocycles. The van der Waals surface area contributed by atoms with Crippen LogP contribution in [0.25, 0.3) is 0 Å². The Morgan fingerprint density at radius 3 is 1.58 bits per heavy atom. The fourth-order valence-electron chi connectivity index (χ4n) is 2.77. The first-order chi connectivity index (χ1) is 11.6. The Bertz CT molecular complexity index is 336. The van der Waals surface area contributed by atoms with Gasteiger partial charge in [-0.05, 0) is 32.1 Å². The Balaban J connectivity index is 3.34. The lowest BCUT2D eigenvalue weighted by Gasteiger charge is -2.06. The molecule has 0 unspecified atom stereocenters. The first-order valence-electron chi connectivity index (χ1n) is 9.70. The molecule has 0 amide bonds. The van der Waals surface area contributed by atoms with E-state index in [9.17, 15) is 9.59 Å². The summed E-state index contributed by atoms with van der Waals surface area (Å²) in [7, 11) is 0. The van der Waals surface area contributed by atoms with Gasteiger partial charge in [0.15, 0.2) is 5.92 Å². The molecule has 0 rings (SSSR count). The van der Waals surface area contributed by atoms with Gasteiger partial charge in [-0.15, -0.1) is 0 Å². The maximum absolute atomic E-state index is 10.7. The van der Waals surface area contributed by atoms with Gasteiger partial charge in [0.25, 0.3) is 0 Å². The summed E-state index contributed by atoms with van der Waals surface area (Å²) in [5, 5.41) is 17.5. The van der Waals surface area contributed by atoms with Crippen molar-refractivity contribution in [3.05, 3.63) is 12.2 Å². The molecule has 0 aliphatic heterocycles. The first kappa shape index (κ1) is 22.7. The highest BCUT2D eigenvalue weighted by atomic mass is 16.4. The second-order valence-electron chi connectivity index (χ2n) is 6.60. The largest absolute Gasteiger partial charge is 0.481 e. The molecule has 0 radical (unpaired) electrons. The van der Waals surface area contributed by atoms with Crippen LogP contribution in [-0.4, -0.2) is 22.2 Å². The number of rotatable bonds is 17. The van der Waals surface area contributed by atoms with E-state index in [2.05, 4.69) is 19.1 Å². The van der Waals surface area contributed by atoms with Crippen molar-refractivity contribution < 1.29 is 19.8 Å². The fourth-order valence-corrected chi connectivity index (χ4v) is 2.77. The van der Waals surface area contributed by atoms with E-state index in [0.29, 0.717) is 6.42 Å². The predicted molar refractivity (Wildman–Crippen MR) is 98.2 cm³/mol. The van der Waals surface area contributed by atoms with Crippen LogP contribution in [0.1, 0.15) is 96.8 Å². The van der Waals surface area contributed by atoms with Crippen molar-refractivity contribution in [1.82, 2.24) is 0 Å². The zero-order chi connectivity index (χ0) is 18.0. The molecule has 0 saturated carbocycles. The highest BCUT2D eigenvalue weighted by Crippen LogP contribution is 2.13.